The van der Waals surface area contributed by atoms with Gasteiger partial charge in [0.05, 0.1) is 0 Å². The molecule has 0 aromatic rings. The van der Waals surface area contributed by atoms with Crippen molar-refractivity contribution in [1.29, 1.82) is 0 Å². The monoisotopic (exact) mass is 255 g/mol. The van der Waals surface area contributed by atoms with Gasteiger partial charge in [0.1, 0.15) is 0 Å². The minimum absolute atomic E-state index is 0.0825. The molecule has 4 heteroatoms. The van der Waals surface area contributed by atoms with E-state index in [2.05, 4.69) is 31.1 Å². The van der Waals surface area contributed by atoms with Gasteiger partial charge in [0, 0.05) is 26.2 Å². The highest BCUT2D eigenvalue weighted by molar-refractivity contribution is 5.73. The highest BCUT2D eigenvalue weighted by atomic mass is 16.2. The van der Waals surface area contributed by atoms with Crippen LogP contribution in [0.3, 0.4) is 0 Å². The number of urea groups is 1. The molecule has 18 heavy (non-hydrogen) atoms. The maximum absolute atomic E-state index is 11.7. The van der Waals surface area contributed by atoms with E-state index < -0.39 is 0 Å². The highest BCUT2D eigenvalue weighted by Crippen LogP contribution is 2.29. The van der Waals surface area contributed by atoms with Gasteiger partial charge in [-0.1, -0.05) is 0 Å². The Morgan fingerprint density at radius 2 is 1.94 bits per heavy atom. The first-order chi connectivity index (χ1) is 8.50. The Balaban J connectivity index is 1.97. The van der Waals surface area contributed by atoms with Crippen LogP contribution in [0.15, 0.2) is 0 Å². The van der Waals surface area contributed by atoms with E-state index in [1.165, 1.54) is 12.8 Å². The van der Waals surface area contributed by atoms with Gasteiger partial charge in [0.25, 0.3) is 0 Å². The molecule has 0 aromatic heterocycles. The Morgan fingerprint density at radius 1 is 1.28 bits per heavy atom. The summed E-state index contributed by atoms with van der Waals surface area (Å²) in [6.45, 7) is 7.22. The maximum atomic E-state index is 11.7. The Kier molecular flexibility index (Phi) is 6.47. The summed E-state index contributed by atoms with van der Waals surface area (Å²) in [5.74, 6) is 0.764. The third-order valence-corrected chi connectivity index (χ3v) is 3.67. The van der Waals surface area contributed by atoms with Crippen LogP contribution in [0.2, 0.25) is 0 Å². The van der Waals surface area contributed by atoms with Crippen LogP contribution < -0.4 is 5.32 Å². The molecule has 1 fully saturated rings. The van der Waals surface area contributed by atoms with Gasteiger partial charge in [0.15, 0.2) is 0 Å². The van der Waals surface area contributed by atoms with E-state index in [1.54, 1.807) is 0 Å². The Labute approximate surface area is 112 Å². The number of rotatable bonds is 8. The van der Waals surface area contributed by atoms with Gasteiger partial charge in [-0.25, -0.2) is 4.79 Å². The fourth-order valence-electron chi connectivity index (χ4n) is 1.85. The summed E-state index contributed by atoms with van der Waals surface area (Å²) in [4.78, 5) is 15.9. The van der Waals surface area contributed by atoms with Gasteiger partial charge in [-0.15, -0.1) is 0 Å². The lowest BCUT2D eigenvalue weighted by Crippen LogP contribution is -2.39. The van der Waals surface area contributed by atoms with E-state index in [9.17, 15) is 4.79 Å². The van der Waals surface area contributed by atoms with Gasteiger partial charge in [-0.3, -0.25) is 0 Å². The van der Waals surface area contributed by atoms with Crippen LogP contribution in [0.25, 0.3) is 0 Å². The molecule has 0 heterocycles. The number of unbranched alkanes of at least 4 members (excludes halogenated alkanes) is 1. The minimum atomic E-state index is 0.0825. The summed E-state index contributed by atoms with van der Waals surface area (Å²) in [5, 5.41) is 2.99. The molecular formula is C14H29N3O. The molecule has 1 aliphatic rings. The molecule has 106 valence electrons. The van der Waals surface area contributed by atoms with E-state index >= 15 is 0 Å². The number of hydrogen-bond donors (Lipinski definition) is 1. The Morgan fingerprint density at radius 3 is 2.50 bits per heavy atom. The number of nitrogens with zero attached hydrogens (tertiary/aromatic N) is 2. The summed E-state index contributed by atoms with van der Waals surface area (Å²) >= 11 is 0. The third kappa shape index (κ3) is 6.24. The Hall–Kier alpha value is -0.770. The molecule has 0 spiro atoms. The first-order valence-corrected chi connectivity index (χ1v) is 7.20. The van der Waals surface area contributed by atoms with Crippen LogP contribution in [0, 0.1) is 5.92 Å². The second kappa shape index (κ2) is 7.62. The molecule has 0 unspecified atom stereocenters. The predicted molar refractivity (Wildman–Crippen MR) is 75.8 cm³/mol. The largest absolute Gasteiger partial charge is 0.338 e. The van der Waals surface area contributed by atoms with Crippen molar-refractivity contribution >= 4 is 6.03 Å². The average molecular weight is 255 g/mol. The number of amides is 2. The zero-order valence-corrected chi connectivity index (χ0v) is 12.4. The van der Waals surface area contributed by atoms with Crippen molar-refractivity contribution in [2.24, 2.45) is 5.92 Å². The SMILES string of the molecule is CC(C)N(C)CCCCNC(=O)N(C)CC1CC1. The van der Waals surface area contributed by atoms with Crippen LogP contribution >= 0.6 is 0 Å². The zero-order chi connectivity index (χ0) is 13.5. The second-order valence-corrected chi connectivity index (χ2v) is 5.84. The van der Waals surface area contributed by atoms with Gasteiger partial charge < -0.3 is 15.1 Å². The van der Waals surface area contributed by atoms with Crippen molar-refractivity contribution in [2.75, 3.05) is 33.7 Å². The van der Waals surface area contributed by atoms with E-state index in [0.717, 1.165) is 38.4 Å². The lowest BCUT2D eigenvalue weighted by atomic mass is 10.2. The molecule has 1 rings (SSSR count). The van der Waals surface area contributed by atoms with Crippen molar-refractivity contribution in [1.82, 2.24) is 15.1 Å². The summed E-state index contributed by atoms with van der Waals surface area (Å²) in [6, 6.07) is 0.684. The normalized spacial score (nSPS) is 15.2. The van der Waals surface area contributed by atoms with Crippen molar-refractivity contribution in [3.05, 3.63) is 0 Å². The molecule has 1 aliphatic carbocycles. The van der Waals surface area contributed by atoms with Gasteiger partial charge in [-0.05, 0) is 59.0 Å². The highest BCUT2D eigenvalue weighted by Gasteiger charge is 2.24. The van der Waals surface area contributed by atoms with E-state index in [4.69, 9.17) is 0 Å². The number of carbonyl (C=O) groups is 1. The number of hydrogen-bond acceptors (Lipinski definition) is 2. The average Bonchev–Trinajstić information content (AvgIpc) is 3.11. The summed E-state index contributed by atoms with van der Waals surface area (Å²) in [6.07, 6.45) is 4.78. The molecule has 2 amide bonds. The van der Waals surface area contributed by atoms with Crippen molar-refractivity contribution < 1.29 is 4.79 Å². The van der Waals surface area contributed by atoms with Crippen LogP contribution in [-0.2, 0) is 0 Å². The molecule has 0 atom stereocenters. The van der Waals surface area contributed by atoms with Gasteiger partial charge in [0.2, 0.25) is 0 Å². The minimum Gasteiger partial charge on any atom is -0.338 e. The Bertz CT molecular complexity index is 251. The van der Waals surface area contributed by atoms with Crippen LogP contribution in [-0.4, -0.2) is 55.6 Å². The van der Waals surface area contributed by atoms with Crippen molar-refractivity contribution in [3.8, 4) is 0 Å². The van der Waals surface area contributed by atoms with Crippen molar-refractivity contribution in [3.63, 3.8) is 0 Å². The molecule has 0 aromatic carbocycles. The lowest BCUT2D eigenvalue weighted by molar-refractivity contribution is 0.206. The van der Waals surface area contributed by atoms with Crippen LogP contribution in [0.1, 0.15) is 39.5 Å². The van der Waals surface area contributed by atoms with E-state index in [0.29, 0.717) is 6.04 Å². The first-order valence-electron chi connectivity index (χ1n) is 7.20. The lowest BCUT2D eigenvalue weighted by Gasteiger charge is -2.21. The maximum Gasteiger partial charge on any atom is 0.317 e. The number of carbonyl (C=O) groups excluding carboxylic acids is 1. The molecule has 0 bridgehead atoms. The predicted octanol–water partition coefficient (Wildman–Crippen LogP) is 2.16. The zero-order valence-electron chi connectivity index (χ0n) is 12.4. The van der Waals surface area contributed by atoms with Crippen molar-refractivity contribution in [2.45, 2.75) is 45.6 Å². The quantitative estimate of drug-likeness (QED) is 0.675. The van der Waals surface area contributed by atoms with Crippen LogP contribution in [0.5, 0.6) is 0 Å². The summed E-state index contributed by atoms with van der Waals surface area (Å²) in [5.41, 5.74) is 0. The van der Waals surface area contributed by atoms with Gasteiger partial charge in [-0.2, -0.15) is 0 Å². The molecule has 4 nitrogen and oxygen atoms in total. The van der Waals surface area contributed by atoms with Crippen LogP contribution in [0.4, 0.5) is 4.79 Å². The first kappa shape index (κ1) is 15.3. The molecule has 0 radical (unpaired) electrons. The molecule has 1 N–H and O–H groups in total. The van der Waals surface area contributed by atoms with Gasteiger partial charge >= 0.3 is 6.03 Å². The fourth-order valence-corrected chi connectivity index (χ4v) is 1.85. The summed E-state index contributed by atoms with van der Waals surface area (Å²) < 4.78 is 0. The molecule has 0 saturated heterocycles. The van der Waals surface area contributed by atoms with E-state index in [1.807, 2.05) is 11.9 Å². The molecule has 1 saturated carbocycles. The summed E-state index contributed by atoms with van der Waals surface area (Å²) in [7, 11) is 4.03. The second-order valence-electron chi connectivity index (χ2n) is 5.84. The smallest absolute Gasteiger partial charge is 0.317 e. The fraction of sp³-hybridized carbons (Fsp3) is 0.929. The van der Waals surface area contributed by atoms with E-state index in [-0.39, 0.29) is 6.03 Å². The molecular weight excluding hydrogens is 226 g/mol. The molecule has 0 aliphatic heterocycles. The third-order valence-electron chi connectivity index (χ3n) is 3.67. The topological polar surface area (TPSA) is 35.6 Å². The standard InChI is InChI=1S/C14H29N3O/c1-12(2)16(3)10-6-5-9-15-14(18)17(4)11-13-7-8-13/h12-13H,5-11H2,1-4H3,(H,15,18). The number of nitrogens with one attached hydrogen (secondary N) is 1.